The summed E-state index contributed by atoms with van der Waals surface area (Å²) < 4.78 is 1.55. The zero-order chi connectivity index (χ0) is 12.5. The van der Waals surface area contributed by atoms with E-state index in [9.17, 15) is 4.79 Å². The maximum Gasteiger partial charge on any atom is 0.258 e. The first kappa shape index (κ1) is 14.0. The van der Waals surface area contributed by atoms with Crippen LogP contribution >= 0.6 is 12.4 Å². The van der Waals surface area contributed by atoms with Crippen LogP contribution in [0.25, 0.3) is 5.65 Å². The van der Waals surface area contributed by atoms with Crippen LogP contribution in [0.5, 0.6) is 0 Å². The van der Waals surface area contributed by atoms with Crippen LogP contribution in [0.3, 0.4) is 0 Å². The van der Waals surface area contributed by atoms with Crippen LogP contribution in [-0.4, -0.2) is 33.4 Å². The predicted octanol–water partition coefficient (Wildman–Crippen LogP) is 0.649. The summed E-state index contributed by atoms with van der Waals surface area (Å²) in [6.07, 6.45) is 2.76. The molecule has 5 nitrogen and oxygen atoms in total. The first-order valence-electron chi connectivity index (χ1n) is 6.17. The molecule has 0 unspecified atom stereocenters. The van der Waals surface area contributed by atoms with Crippen molar-refractivity contribution >= 4 is 18.1 Å². The molecule has 1 saturated heterocycles. The fraction of sp³-hybridized carbons (Fsp3) is 0.385. The number of pyridine rings is 1. The highest BCUT2D eigenvalue weighted by Gasteiger charge is 2.19. The Morgan fingerprint density at radius 1 is 1.42 bits per heavy atom. The minimum atomic E-state index is -0.0286. The normalized spacial score (nSPS) is 19.5. The van der Waals surface area contributed by atoms with Gasteiger partial charge in [-0.3, -0.25) is 14.1 Å². The summed E-state index contributed by atoms with van der Waals surface area (Å²) in [5, 5.41) is 0. The topological polar surface area (TPSA) is 63.6 Å². The average Bonchev–Trinajstić information content (AvgIpc) is 2.75. The largest absolute Gasteiger partial charge is 0.326 e. The molecular formula is C13H17ClN4O. The fourth-order valence-electron chi connectivity index (χ4n) is 2.42. The number of fused-ring (bicyclic) bond motifs is 1. The molecule has 6 heteroatoms. The Bertz CT molecular complexity index is 627. The van der Waals surface area contributed by atoms with Gasteiger partial charge >= 0.3 is 0 Å². The Kier molecular flexibility index (Phi) is 4.19. The lowest BCUT2D eigenvalue weighted by atomic mass is 10.3. The number of hydrogen-bond acceptors (Lipinski definition) is 4. The van der Waals surface area contributed by atoms with Crippen molar-refractivity contribution in [3.05, 3.63) is 46.5 Å². The van der Waals surface area contributed by atoms with Gasteiger partial charge in [0, 0.05) is 37.9 Å². The van der Waals surface area contributed by atoms with E-state index >= 15 is 0 Å². The molecule has 0 radical (unpaired) electrons. The van der Waals surface area contributed by atoms with Gasteiger partial charge in [-0.2, -0.15) is 0 Å². The predicted molar refractivity (Wildman–Crippen MR) is 76.6 cm³/mol. The van der Waals surface area contributed by atoms with E-state index in [1.165, 1.54) is 0 Å². The fourth-order valence-corrected chi connectivity index (χ4v) is 2.42. The third-order valence-corrected chi connectivity index (χ3v) is 3.32. The van der Waals surface area contributed by atoms with Crippen LogP contribution in [0.1, 0.15) is 12.1 Å². The van der Waals surface area contributed by atoms with Crippen molar-refractivity contribution in [2.24, 2.45) is 5.73 Å². The SMILES string of the molecule is Cl.N[C@@H]1CCN(Cc2cc(=O)n3ccccc3n2)C1. The van der Waals surface area contributed by atoms with Crippen molar-refractivity contribution in [3.63, 3.8) is 0 Å². The average molecular weight is 281 g/mol. The Hall–Kier alpha value is -1.43. The van der Waals surface area contributed by atoms with Gasteiger partial charge in [0.2, 0.25) is 0 Å². The molecule has 0 aliphatic carbocycles. The van der Waals surface area contributed by atoms with Crippen molar-refractivity contribution in [1.82, 2.24) is 14.3 Å². The minimum absolute atomic E-state index is 0. The Morgan fingerprint density at radius 3 is 3.00 bits per heavy atom. The van der Waals surface area contributed by atoms with E-state index in [0.717, 1.165) is 25.2 Å². The molecule has 3 rings (SSSR count). The molecule has 1 fully saturated rings. The molecular weight excluding hydrogens is 264 g/mol. The zero-order valence-corrected chi connectivity index (χ0v) is 11.3. The molecule has 0 bridgehead atoms. The second kappa shape index (κ2) is 5.69. The highest BCUT2D eigenvalue weighted by atomic mass is 35.5. The smallest absolute Gasteiger partial charge is 0.258 e. The second-order valence-corrected chi connectivity index (χ2v) is 4.80. The summed E-state index contributed by atoms with van der Waals surface area (Å²) in [6, 6.07) is 7.43. The van der Waals surface area contributed by atoms with Crippen molar-refractivity contribution in [3.8, 4) is 0 Å². The Labute approximate surface area is 117 Å². The molecule has 0 spiro atoms. The van der Waals surface area contributed by atoms with Gasteiger partial charge in [0.05, 0.1) is 5.69 Å². The van der Waals surface area contributed by atoms with Crippen LogP contribution in [0.2, 0.25) is 0 Å². The number of aromatic nitrogens is 2. The third-order valence-electron chi connectivity index (χ3n) is 3.32. The van der Waals surface area contributed by atoms with Crippen LogP contribution in [-0.2, 0) is 6.54 Å². The molecule has 2 aromatic heterocycles. The molecule has 1 atom stereocenters. The number of likely N-dealkylation sites (tertiary alicyclic amines) is 1. The van der Waals surface area contributed by atoms with E-state index in [0.29, 0.717) is 12.2 Å². The summed E-state index contributed by atoms with van der Waals surface area (Å²) in [5.74, 6) is 0. The maximum atomic E-state index is 11.9. The standard InChI is InChI=1S/C13H16N4O.ClH/c14-10-4-6-16(8-10)9-11-7-13(18)17-5-2-1-3-12(17)15-11;/h1-3,5,7,10H,4,6,8-9,14H2;1H/t10-;/m1./s1. The van der Waals surface area contributed by atoms with Crippen molar-refractivity contribution in [2.45, 2.75) is 19.0 Å². The van der Waals surface area contributed by atoms with Gasteiger partial charge in [0.15, 0.2) is 0 Å². The molecule has 0 amide bonds. The quantitative estimate of drug-likeness (QED) is 0.877. The highest BCUT2D eigenvalue weighted by Crippen LogP contribution is 2.10. The van der Waals surface area contributed by atoms with Crippen LogP contribution < -0.4 is 11.3 Å². The Morgan fingerprint density at radius 2 is 2.26 bits per heavy atom. The molecule has 0 aromatic carbocycles. The van der Waals surface area contributed by atoms with Crippen molar-refractivity contribution < 1.29 is 0 Å². The van der Waals surface area contributed by atoms with Crippen LogP contribution in [0.15, 0.2) is 35.3 Å². The van der Waals surface area contributed by atoms with Crippen molar-refractivity contribution in [2.75, 3.05) is 13.1 Å². The number of nitrogens with two attached hydrogens (primary N) is 1. The van der Waals surface area contributed by atoms with Gasteiger partial charge in [-0.1, -0.05) is 6.07 Å². The summed E-state index contributed by atoms with van der Waals surface area (Å²) in [7, 11) is 0. The van der Waals surface area contributed by atoms with E-state index in [2.05, 4.69) is 9.88 Å². The van der Waals surface area contributed by atoms with Gasteiger partial charge in [0.1, 0.15) is 5.65 Å². The molecule has 2 aromatic rings. The summed E-state index contributed by atoms with van der Waals surface area (Å²) in [5.41, 5.74) is 7.36. The van der Waals surface area contributed by atoms with Gasteiger partial charge in [-0.25, -0.2) is 4.98 Å². The molecule has 1 aliphatic heterocycles. The van der Waals surface area contributed by atoms with E-state index in [-0.39, 0.29) is 24.0 Å². The van der Waals surface area contributed by atoms with E-state index in [1.807, 2.05) is 18.2 Å². The van der Waals surface area contributed by atoms with E-state index in [1.54, 1.807) is 16.7 Å². The van der Waals surface area contributed by atoms with Gasteiger partial charge in [-0.15, -0.1) is 12.4 Å². The maximum absolute atomic E-state index is 11.9. The molecule has 0 saturated carbocycles. The summed E-state index contributed by atoms with van der Waals surface area (Å²) in [4.78, 5) is 18.7. The van der Waals surface area contributed by atoms with Crippen LogP contribution in [0.4, 0.5) is 0 Å². The summed E-state index contributed by atoms with van der Waals surface area (Å²) in [6.45, 7) is 2.57. The lowest BCUT2D eigenvalue weighted by Crippen LogP contribution is -2.27. The molecule has 102 valence electrons. The second-order valence-electron chi connectivity index (χ2n) is 4.80. The zero-order valence-electron chi connectivity index (χ0n) is 10.5. The Balaban J connectivity index is 0.00000133. The third kappa shape index (κ3) is 2.94. The lowest BCUT2D eigenvalue weighted by molar-refractivity contribution is 0.323. The molecule has 3 heterocycles. The number of rotatable bonds is 2. The monoisotopic (exact) mass is 280 g/mol. The number of halogens is 1. The number of nitrogens with zero attached hydrogens (tertiary/aromatic N) is 3. The molecule has 1 aliphatic rings. The first-order valence-corrected chi connectivity index (χ1v) is 6.17. The first-order chi connectivity index (χ1) is 8.72. The van der Waals surface area contributed by atoms with Gasteiger partial charge in [-0.05, 0) is 18.6 Å². The minimum Gasteiger partial charge on any atom is -0.326 e. The van der Waals surface area contributed by atoms with Gasteiger partial charge in [0.25, 0.3) is 5.56 Å². The highest BCUT2D eigenvalue weighted by molar-refractivity contribution is 5.85. The van der Waals surface area contributed by atoms with Crippen LogP contribution in [0, 0.1) is 0 Å². The lowest BCUT2D eigenvalue weighted by Gasteiger charge is -2.14. The number of hydrogen-bond donors (Lipinski definition) is 1. The van der Waals surface area contributed by atoms with Gasteiger partial charge < -0.3 is 5.73 Å². The summed E-state index contributed by atoms with van der Waals surface area (Å²) >= 11 is 0. The van der Waals surface area contributed by atoms with Crippen molar-refractivity contribution in [1.29, 1.82) is 0 Å². The van der Waals surface area contributed by atoms with E-state index < -0.39 is 0 Å². The molecule has 2 N–H and O–H groups in total. The van der Waals surface area contributed by atoms with E-state index in [4.69, 9.17) is 5.73 Å². The molecule has 19 heavy (non-hydrogen) atoms.